The minimum Gasteiger partial charge on any atom is -0.325 e. The Bertz CT molecular complexity index is 489. The summed E-state index contributed by atoms with van der Waals surface area (Å²) < 4.78 is 0. The second-order valence-electron chi connectivity index (χ2n) is 4.09. The molecule has 0 bridgehead atoms. The number of nitrogens with zero attached hydrogens (tertiary/aromatic N) is 2. The molecule has 1 fully saturated rings. The molecule has 82 valence electrons. The Hall–Kier alpha value is -1.26. The Morgan fingerprint density at radius 1 is 1.38 bits per heavy atom. The topological polar surface area (TPSA) is 51.8 Å². The van der Waals surface area contributed by atoms with Gasteiger partial charge in [0.25, 0.3) is 0 Å². The summed E-state index contributed by atoms with van der Waals surface area (Å²) in [7, 11) is 0. The van der Waals surface area contributed by atoms with E-state index in [1.165, 1.54) is 18.4 Å². The molecule has 0 aliphatic heterocycles. The van der Waals surface area contributed by atoms with Crippen LogP contribution < -0.4 is 5.73 Å². The average Bonchev–Trinajstić information content (AvgIpc) is 3.04. The van der Waals surface area contributed by atoms with Crippen LogP contribution in [0.5, 0.6) is 0 Å². The van der Waals surface area contributed by atoms with Gasteiger partial charge < -0.3 is 5.73 Å². The number of aromatic nitrogens is 2. The molecule has 0 saturated heterocycles. The molecule has 2 aromatic rings. The predicted octanol–water partition coefficient (Wildman–Crippen LogP) is 2.54. The lowest BCUT2D eigenvalue weighted by molar-refractivity contribution is 0.871. The van der Waals surface area contributed by atoms with Crippen LogP contribution in [0.3, 0.4) is 0 Å². The zero-order chi connectivity index (χ0) is 11.0. The highest BCUT2D eigenvalue weighted by Crippen LogP contribution is 2.38. The van der Waals surface area contributed by atoms with Crippen molar-refractivity contribution in [2.24, 2.45) is 5.73 Å². The van der Waals surface area contributed by atoms with Crippen LogP contribution in [-0.4, -0.2) is 9.97 Å². The van der Waals surface area contributed by atoms with Gasteiger partial charge in [-0.2, -0.15) is 11.3 Å². The molecule has 0 radical (unpaired) electrons. The standard InChI is InChI=1S/C12H13N3S/c13-6-10-5-11(9-3-4-16-7-9)15-12(14-10)8-1-2-8/h3-5,7-8H,1-2,6,13H2. The summed E-state index contributed by atoms with van der Waals surface area (Å²) in [5.41, 5.74) is 8.80. The van der Waals surface area contributed by atoms with E-state index in [1.807, 2.05) is 6.07 Å². The molecule has 2 N–H and O–H groups in total. The molecule has 1 aliphatic rings. The number of hydrogen-bond acceptors (Lipinski definition) is 4. The van der Waals surface area contributed by atoms with Crippen LogP contribution >= 0.6 is 11.3 Å². The molecule has 0 unspecified atom stereocenters. The van der Waals surface area contributed by atoms with Crippen LogP contribution in [0.15, 0.2) is 22.9 Å². The molecule has 2 heterocycles. The fraction of sp³-hybridized carbons (Fsp3) is 0.333. The Morgan fingerprint density at radius 2 is 2.25 bits per heavy atom. The third kappa shape index (κ3) is 1.86. The summed E-state index contributed by atoms with van der Waals surface area (Å²) in [4.78, 5) is 9.12. The van der Waals surface area contributed by atoms with Gasteiger partial charge in [-0.1, -0.05) is 0 Å². The molecule has 3 nitrogen and oxygen atoms in total. The van der Waals surface area contributed by atoms with Crippen molar-refractivity contribution in [1.29, 1.82) is 0 Å². The first kappa shape index (κ1) is 9.93. The van der Waals surface area contributed by atoms with E-state index in [4.69, 9.17) is 5.73 Å². The van der Waals surface area contributed by atoms with Crippen molar-refractivity contribution in [1.82, 2.24) is 9.97 Å². The van der Waals surface area contributed by atoms with E-state index in [0.29, 0.717) is 12.5 Å². The smallest absolute Gasteiger partial charge is 0.132 e. The number of nitrogens with two attached hydrogens (primary N) is 1. The van der Waals surface area contributed by atoms with Crippen LogP contribution in [-0.2, 0) is 6.54 Å². The van der Waals surface area contributed by atoms with E-state index in [0.717, 1.165) is 17.2 Å². The largest absolute Gasteiger partial charge is 0.325 e. The molecule has 3 rings (SSSR count). The maximum Gasteiger partial charge on any atom is 0.132 e. The van der Waals surface area contributed by atoms with Gasteiger partial charge in [-0.25, -0.2) is 9.97 Å². The highest BCUT2D eigenvalue weighted by molar-refractivity contribution is 7.08. The van der Waals surface area contributed by atoms with E-state index in [-0.39, 0.29) is 0 Å². The minimum absolute atomic E-state index is 0.485. The van der Waals surface area contributed by atoms with E-state index in [9.17, 15) is 0 Å². The van der Waals surface area contributed by atoms with Crippen molar-refractivity contribution in [3.63, 3.8) is 0 Å². The maximum atomic E-state index is 5.67. The van der Waals surface area contributed by atoms with Crippen LogP contribution in [0.1, 0.15) is 30.3 Å². The predicted molar refractivity (Wildman–Crippen MR) is 65.2 cm³/mol. The number of rotatable bonds is 3. The van der Waals surface area contributed by atoms with Crippen molar-refractivity contribution in [2.45, 2.75) is 25.3 Å². The third-order valence-corrected chi connectivity index (χ3v) is 3.45. The molecule has 0 amide bonds. The number of hydrogen-bond donors (Lipinski definition) is 1. The van der Waals surface area contributed by atoms with Gasteiger partial charge in [-0.15, -0.1) is 0 Å². The van der Waals surface area contributed by atoms with Gasteiger partial charge in [0.2, 0.25) is 0 Å². The highest BCUT2D eigenvalue weighted by Gasteiger charge is 2.27. The summed E-state index contributed by atoms with van der Waals surface area (Å²) in [5, 5.41) is 4.18. The summed E-state index contributed by atoms with van der Waals surface area (Å²) in [6.07, 6.45) is 2.44. The van der Waals surface area contributed by atoms with Gasteiger partial charge in [0.15, 0.2) is 0 Å². The molecule has 4 heteroatoms. The van der Waals surface area contributed by atoms with Gasteiger partial charge in [0, 0.05) is 23.4 Å². The first-order valence-corrected chi connectivity index (χ1v) is 6.41. The van der Waals surface area contributed by atoms with Crippen molar-refractivity contribution in [3.8, 4) is 11.3 Å². The first-order valence-electron chi connectivity index (χ1n) is 5.47. The Morgan fingerprint density at radius 3 is 2.88 bits per heavy atom. The van der Waals surface area contributed by atoms with Crippen LogP contribution in [0.2, 0.25) is 0 Å². The van der Waals surface area contributed by atoms with Gasteiger partial charge in [-0.05, 0) is 30.4 Å². The quantitative estimate of drug-likeness (QED) is 0.883. The fourth-order valence-corrected chi connectivity index (χ4v) is 2.35. The van der Waals surface area contributed by atoms with Gasteiger partial charge in [0.1, 0.15) is 5.82 Å². The molecule has 1 saturated carbocycles. The van der Waals surface area contributed by atoms with Crippen molar-refractivity contribution in [3.05, 3.63) is 34.4 Å². The van der Waals surface area contributed by atoms with Crippen LogP contribution in [0.4, 0.5) is 0 Å². The highest BCUT2D eigenvalue weighted by atomic mass is 32.1. The molecule has 0 atom stereocenters. The average molecular weight is 231 g/mol. The van der Waals surface area contributed by atoms with Crippen molar-refractivity contribution >= 4 is 11.3 Å². The zero-order valence-corrected chi connectivity index (χ0v) is 9.70. The van der Waals surface area contributed by atoms with Gasteiger partial charge >= 0.3 is 0 Å². The first-order chi connectivity index (χ1) is 7.86. The van der Waals surface area contributed by atoms with E-state index >= 15 is 0 Å². The Balaban J connectivity index is 2.06. The molecule has 0 spiro atoms. The summed E-state index contributed by atoms with van der Waals surface area (Å²) >= 11 is 1.69. The molecule has 1 aliphatic carbocycles. The van der Waals surface area contributed by atoms with Crippen molar-refractivity contribution < 1.29 is 0 Å². The van der Waals surface area contributed by atoms with Gasteiger partial charge in [-0.3, -0.25) is 0 Å². The monoisotopic (exact) mass is 231 g/mol. The van der Waals surface area contributed by atoms with E-state index in [1.54, 1.807) is 11.3 Å². The minimum atomic E-state index is 0.485. The molecular weight excluding hydrogens is 218 g/mol. The second kappa shape index (κ2) is 3.96. The molecule has 0 aromatic carbocycles. The lowest BCUT2D eigenvalue weighted by atomic mass is 10.2. The molecular formula is C12H13N3S. The Labute approximate surface area is 98.4 Å². The lowest BCUT2D eigenvalue weighted by Gasteiger charge is -2.04. The Kier molecular flexibility index (Phi) is 2.46. The second-order valence-corrected chi connectivity index (χ2v) is 4.87. The third-order valence-electron chi connectivity index (χ3n) is 2.77. The van der Waals surface area contributed by atoms with Crippen molar-refractivity contribution in [2.75, 3.05) is 0 Å². The zero-order valence-electron chi connectivity index (χ0n) is 8.89. The van der Waals surface area contributed by atoms with E-state index in [2.05, 4.69) is 26.8 Å². The molecule has 2 aromatic heterocycles. The summed E-state index contributed by atoms with van der Waals surface area (Å²) in [6.45, 7) is 0.485. The fourth-order valence-electron chi connectivity index (χ4n) is 1.70. The lowest BCUT2D eigenvalue weighted by Crippen LogP contribution is -2.04. The number of thiophene rings is 1. The maximum absolute atomic E-state index is 5.67. The normalized spacial score (nSPS) is 15.3. The van der Waals surface area contributed by atoms with Crippen LogP contribution in [0.25, 0.3) is 11.3 Å². The van der Waals surface area contributed by atoms with E-state index < -0.39 is 0 Å². The summed E-state index contributed by atoms with van der Waals surface area (Å²) in [5.74, 6) is 1.55. The van der Waals surface area contributed by atoms with Gasteiger partial charge in [0.05, 0.1) is 11.4 Å². The summed E-state index contributed by atoms with van der Waals surface area (Å²) in [6, 6.07) is 4.08. The van der Waals surface area contributed by atoms with Crippen LogP contribution in [0, 0.1) is 0 Å². The SMILES string of the molecule is NCc1cc(-c2ccsc2)nc(C2CC2)n1. The molecule has 16 heavy (non-hydrogen) atoms.